The summed E-state index contributed by atoms with van der Waals surface area (Å²) in [6, 6.07) is 8.53. The Bertz CT molecular complexity index is 238. The first-order valence-electron chi connectivity index (χ1n) is 5.46. The van der Waals surface area contributed by atoms with Crippen LogP contribution in [0, 0.1) is 6.92 Å². The lowest BCUT2D eigenvalue weighted by Gasteiger charge is -2.04. The van der Waals surface area contributed by atoms with Gasteiger partial charge in [-0.3, -0.25) is 0 Å². The highest BCUT2D eigenvalue weighted by molar-refractivity contribution is 5.20. The Morgan fingerprint density at radius 3 is 2.43 bits per heavy atom. The predicted molar refractivity (Wildman–Crippen MR) is 60.4 cm³/mol. The molecule has 0 amide bonds. The molecule has 0 radical (unpaired) electrons. The molecule has 78 valence electrons. The van der Waals surface area contributed by atoms with Crippen LogP contribution in [0.3, 0.4) is 0 Å². The maximum Gasteiger partial charge on any atom is 0.0716 e. The molecule has 0 atom stereocenters. The van der Waals surface area contributed by atoms with E-state index in [9.17, 15) is 0 Å². The van der Waals surface area contributed by atoms with Crippen molar-refractivity contribution >= 4 is 0 Å². The first-order chi connectivity index (χ1) is 6.83. The van der Waals surface area contributed by atoms with Crippen molar-refractivity contribution in [3.63, 3.8) is 0 Å². The van der Waals surface area contributed by atoms with Crippen LogP contribution in [0.2, 0.25) is 0 Å². The summed E-state index contributed by atoms with van der Waals surface area (Å²) in [6.07, 6.45) is 3.71. The fourth-order valence-corrected chi connectivity index (χ4v) is 1.33. The molecule has 1 rings (SSSR count). The second-order valence-corrected chi connectivity index (χ2v) is 3.75. The Morgan fingerprint density at radius 1 is 1.07 bits per heavy atom. The summed E-state index contributed by atoms with van der Waals surface area (Å²) in [5.74, 6) is 0. The zero-order valence-electron chi connectivity index (χ0n) is 9.25. The van der Waals surface area contributed by atoms with Crippen molar-refractivity contribution in [3.8, 4) is 0 Å². The average molecular weight is 192 g/mol. The van der Waals surface area contributed by atoms with Crippen molar-refractivity contribution in [1.82, 2.24) is 0 Å². The van der Waals surface area contributed by atoms with Crippen molar-refractivity contribution in [1.29, 1.82) is 0 Å². The summed E-state index contributed by atoms with van der Waals surface area (Å²) in [5, 5.41) is 0. The predicted octanol–water partition coefficient (Wildman–Crippen LogP) is 3.70. The van der Waals surface area contributed by atoms with Crippen molar-refractivity contribution in [3.05, 3.63) is 35.4 Å². The normalized spacial score (nSPS) is 10.4. The van der Waals surface area contributed by atoms with Crippen LogP contribution in [0.15, 0.2) is 24.3 Å². The first kappa shape index (κ1) is 11.3. The van der Waals surface area contributed by atoms with Gasteiger partial charge in [0, 0.05) is 6.61 Å². The summed E-state index contributed by atoms with van der Waals surface area (Å²) < 4.78 is 5.56. The molecular weight excluding hydrogens is 172 g/mol. The quantitative estimate of drug-likeness (QED) is 0.624. The number of ether oxygens (including phenoxy) is 1. The third kappa shape index (κ3) is 4.43. The average Bonchev–Trinajstić information content (AvgIpc) is 2.21. The number of aryl methyl sites for hydroxylation is 1. The highest BCUT2D eigenvalue weighted by atomic mass is 16.5. The minimum atomic E-state index is 0.754. The molecule has 0 unspecified atom stereocenters. The fraction of sp³-hybridized carbons (Fsp3) is 0.538. The van der Waals surface area contributed by atoms with Crippen LogP contribution in [0.5, 0.6) is 0 Å². The first-order valence-corrected chi connectivity index (χ1v) is 5.46. The molecule has 0 aromatic heterocycles. The molecule has 0 aliphatic carbocycles. The van der Waals surface area contributed by atoms with Gasteiger partial charge in [-0.05, 0) is 18.9 Å². The molecule has 14 heavy (non-hydrogen) atoms. The Balaban J connectivity index is 2.15. The molecule has 1 nitrogen and oxygen atoms in total. The third-order valence-electron chi connectivity index (χ3n) is 2.28. The molecule has 1 aromatic rings. The van der Waals surface area contributed by atoms with E-state index in [-0.39, 0.29) is 0 Å². The molecule has 0 heterocycles. The molecule has 0 spiro atoms. The summed E-state index contributed by atoms with van der Waals surface area (Å²) in [4.78, 5) is 0. The Morgan fingerprint density at radius 2 is 1.79 bits per heavy atom. The van der Waals surface area contributed by atoms with Gasteiger partial charge in [0.05, 0.1) is 6.61 Å². The molecule has 0 aliphatic heterocycles. The number of benzene rings is 1. The van der Waals surface area contributed by atoms with Crippen molar-refractivity contribution in [2.75, 3.05) is 6.61 Å². The third-order valence-corrected chi connectivity index (χ3v) is 2.28. The van der Waals surface area contributed by atoms with Gasteiger partial charge in [0.2, 0.25) is 0 Å². The van der Waals surface area contributed by atoms with Gasteiger partial charge in [-0.1, -0.05) is 49.6 Å². The monoisotopic (exact) mass is 192 g/mol. The molecule has 0 N–H and O–H groups in total. The lowest BCUT2D eigenvalue weighted by Crippen LogP contribution is -1.95. The van der Waals surface area contributed by atoms with Gasteiger partial charge in [-0.25, -0.2) is 0 Å². The fourth-order valence-electron chi connectivity index (χ4n) is 1.33. The van der Waals surface area contributed by atoms with E-state index < -0.39 is 0 Å². The molecule has 0 saturated carbocycles. The standard InChI is InChI=1S/C13H20O/c1-3-4-5-10-14-11-13-8-6-12(2)7-9-13/h6-9H,3-5,10-11H2,1-2H3. The number of hydrogen-bond acceptors (Lipinski definition) is 1. The van der Waals surface area contributed by atoms with E-state index >= 15 is 0 Å². The van der Waals surface area contributed by atoms with Gasteiger partial charge in [-0.15, -0.1) is 0 Å². The Hall–Kier alpha value is -0.820. The lowest BCUT2D eigenvalue weighted by atomic mass is 10.2. The molecule has 0 saturated heterocycles. The van der Waals surface area contributed by atoms with Crippen LogP contribution in [0.4, 0.5) is 0 Å². The minimum absolute atomic E-state index is 0.754. The largest absolute Gasteiger partial charge is 0.377 e. The second kappa shape index (κ2) is 6.61. The van der Waals surface area contributed by atoms with Crippen LogP contribution in [-0.2, 0) is 11.3 Å². The topological polar surface area (TPSA) is 9.23 Å². The molecule has 1 aromatic carbocycles. The number of unbranched alkanes of at least 4 members (excludes halogenated alkanes) is 2. The summed E-state index contributed by atoms with van der Waals surface area (Å²) in [7, 11) is 0. The molecule has 0 fully saturated rings. The van der Waals surface area contributed by atoms with Gasteiger partial charge in [0.1, 0.15) is 0 Å². The van der Waals surface area contributed by atoms with E-state index in [1.807, 2.05) is 0 Å². The van der Waals surface area contributed by atoms with E-state index in [0.29, 0.717) is 0 Å². The molecule has 1 heteroatoms. The van der Waals surface area contributed by atoms with Crippen molar-refractivity contribution in [2.45, 2.75) is 39.7 Å². The minimum Gasteiger partial charge on any atom is -0.377 e. The summed E-state index contributed by atoms with van der Waals surface area (Å²) >= 11 is 0. The van der Waals surface area contributed by atoms with Gasteiger partial charge >= 0.3 is 0 Å². The summed E-state index contributed by atoms with van der Waals surface area (Å²) in [6.45, 7) is 5.96. The Kier molecular flexibility index (Phi) is 5.31. The van der Waals surface area contributed by atoms with Crippen LogP contribution < -0.4 is 0 Å². The number of hydrogen-bond donors (Lipinski definition) is 0. The Labute approximate surface area is 87.1 Å². The molecule has 0 aliphatic rings. The smallest absolute Gasteiger partial charge is 0.0716 e. The highest BCUT2D eigenvalue weighted by Gasteiger charge is 1.92. The van der Waals surface area contributed by atoms with Crippen LogP contribution in [0.1, 0.15) is 37.3 Å². The van der Waals surface area contributed by atoms with Crippen LogP contribution >= 0.6 is 0 Å². The zero-order valence-corrected chi connectivity index (χ0v) is 9.25. The van der Waals surface area contributed by atoms with E-state index in [1.54, 1.807) is 0 Å². The highest BCUT2D eigenvalue weighted by Crippen LogP contribution is 2.05. The van der Waals surface area contributed by atoms with Crippen LogP contribution in [0.25, 0.3) is 0 Å². The molecule has 0 bridgehead atoms. The second-order valence-electron chi connectivity index (χ2n) is 3.75. The zero-order chi connectivity index (χ0) is 10.2. The lowest BCUT2D eigenvalue weighted by molar-refractivity contribution is 0.117. The van der Waals surface area contributed by atoms with Gasteiger partial charge in [0.15, 0.2) is 0 Å². The number of rotatable bonds is 6. The van der Waals surface area contributed by atoms with E-state index in [4.69, 9.17) is 4.74 Å². The van der Waals surface area contributed by atoms with Gasteiger partial charge < -0.3 is 4.74 Å². The van der Waals surface area contributed by atoms with E-state index in [1.165, 1.54) is 30.4 Å². The molecular formula is C13H20O. The van der Waals surface area contributed by atoms with E-state index in [2.05, 4.69) is 38.1 Å². The SMILES string of the molecule is CCCCCOCc1ccc(C)cc1. The maximum absolute atomic E-state index is 5.56. The summed E-state index contributed by atoms with van der Waals surface area (Å²) in [5.41, 5.74) is 2.58. The maximum atomic E-state index is 5.56. The van der Waals surface area contributed by atoms with Gasteiger partial charge in [-0.2, -0.15) is 0 Å². The van der Waals surface area contributed by atoms with Crippen LogP contribution in [-0.4, -0.2) is 6.61 Å². The van der Waals surface area contributed by atoms with Gasteiger partial charge in [0.25, 0.3) is 0 Å². The van der Waals surface area contributed by atoms with Crippen molar-refractivity contribution in [2.24, 2.45) is 0 Å². The van der Waals surface area contributed by atoms with E-state index in [0.717, 1.165) is 13.2 Å². The van der Waals surface area contributed by atoms with Crippen molar-refractivity contribution < 1.29 is 4.74 Å².